The molecule has 0 radical (unpaired) electrons. The zero-order valence-corrected chi connectivity index (χ0v) is 9.81. The fourth-order valence-electron chi connectivity index (χ4n) is 1.85. The van der Waals surface area contributed by atoms with E-state index in [0.717, 1.165) is 5.56 Å². The van der Waals surface area contributed by atoms with E-state index in [0.29, 0.717) is 17.1 Å². The first-order chi connectivity index (χ1) is 8.11. The highest BCUT2D eigenvalue weighted by molar-refractivity contribution is 5.68. The lowest BCUT2D eigenvalue weighted by Crippen LogP contribution is -2.04. The highest BCUT2D eigenvalue weighted by Gasteiger charge is 2.16. The lowest BCUT2D eigenvalue weighted by Gasteiger charge is -2.13. The molecule has 88 valence electrons. The SMILES string of the molecule is CC(C)c1c(N)ncnc1-c1ccccc1F. The van der Waals surface area contributed by atoms with Gasteiger partial charge in [0.05, 0.1) is 5.69 Å². The first kappa shape index (κ1) is 11.5. The van der Waals surface area contributed by atoms with E-state index in [2.05, 4.69) is 9.97 Å². The number of aromatic nitrogens is 2. The fraction of sp³-hybridized carbons (Fsp3) is 0.231. The van der Waals surface area contributed by atoms with Crippen molar-refractivity contribution in [1.29, 1.82) is 0 Å². The molecule has 0 spiro atoms. The Morgan fingerprint density at radius 3 is 2.53 bits per heavy atom. The Kier molecular flexibility index (Phi) is 3.04. The summed E-state index contributed by atoms with van der Waals surface area (Å²) in [4.78, 5) is 8.12. The van der Waals surface area contributed by atoms with E-state index in [4.69, 9.17) is 5.73 Å². The van der Waals surface area contributed by atoms with Crippen molar-refractivity contribution in [3.05, 3.63) is 42.0 Å². The normalized spacial score (nSPS) is 10.8. The zero-order valence-electron chi connectivity index (χ0n) is 9.81. The van der Waals surface area contributed by atoms with Crippen LogP contribution >= 0.6 is 0 Å². The third kappa shape index (κ3) is 2.11. The van der Waals surface area contributed by atoms with Crippen molar-refractivity contribution in [3.63, 3.8) is 0 Å². The molecule has 2 rings (SSSR count). The second kappa shape index (κ2) is 4.49. The van der Waals surface area contributed by atoms with E-state index in [1.807, 2.05) is 13.8 Å². The summed E-state index contributed by atoms with van der Waals surface area (Å²) in [7, 11) is 0. The van der Waals surface area contributed by atoms with Crippen molar-refractivity contribution in [2.45, 2.75) is 19.8 Å². The molecule has 0 unspecified atom stereocenters. The van der Waals surface area contributed by atoms with Crippen molar-refractivity contribution in [1.82, 2.24) is 9.97 Å². The molecule has 0 aliphatic heterocycles. The average Bonchev–Trinajstić information content (AvgIpc) is 2.28. The Hall–Kier alpha value is -1.97. The van der Waals surface area contributed by atoms with Gasteiger partial charge in [0.1, 0.15) is 18.0 Å². The molecule has 0 saturated heterocycles. The van der Waals surface area contributed by atoms with Gasteiger partial charge in [-0.3, -0.25) is 0 Å². The summed E-state index contributed by atoms with van der Waals surface area (Å²) >= 11 is 0. The number of hydrogen-bond acceptors (Lipinski definition) is 3. The number of nitrogens with two attached hydrogens (primary N) is 1. The number of benzene rings is 1. The number of rotatable bonds is 2. The van der Waals surface area contributed by atoms with Crippen LogP contribution in [-0.4, -0.2) is 9.97 Å². The van der Waals surface area contributed by atoms with E-state index < -0.39 is 0 Å². The van der Waals surface area contributed by atoms with Crippen LogP contribution in [0.5, 0.6) is 0 Å². The van der Waals surface area contributed by atoms with Gasteiger partial charge in [0.15, 0.2) is 0 Å². The lowest BCUT2D eigenvalue weighted by atomic mass is 9.97. The molecule has 0 amide bonds. The minimum absolute atomic E-state index is 0.144. The molecular formula is C13H14FN3. The topological polar surface area (TPSA) is 51.8 Å². The van der Waals surface area contributed by atoms with Crippen molar-refractivity contribution in [2.24, 2.45) is 0 Å². The van der Waals surface area contributed by atoms with E-state index in [9.17, 15) is 4.39 Å². The van der Waals surface area contributed by atoms with Crippen LogP contribution in [0.15, 0.2) is 30.6 Å². The first-order valence-electron chi connectivity index (χ1n) is 5.46. The number of halogens is 1. The Balaban J connectivity index is 2.68. The van der Waals surface area contributed by atoms with Crippen LogP contribution < -0.4 is 5.73 Å². The molecule has 0 aliphatic rings. The minimum Gasteiger partial charge on any atom is -0.383 e. The third-order valence-electron chi connectivity index (χ3n) is 2.62. The maximum Gasteiger partial charge on any atom is 0.132 e. The van der Waals surface area contributed by atoms with E-state index in [1.54, 1.807) is 18.2 Å². The second-order valence-electron chi connectivity index (χ2n) is 4.16. The Labute approximate surface area is 99.5 Å². The van der Waals surface area contributed by atoms with Gasteiger partial charge in [-0.15, -0.1) is 0 Å². The molecular weight excluding hydrogens is 217 g/mol. The molecule has 1 aromatic carbocycles. The maximum absolute atomic E-state index is 13.7. The molecule has 2 aromatic rings. The summed E-state index contributed by atoms with van der Waals surface area (Å²) in [6.07, 6.45) is 1.36. The van der Waals surface area contributed by atoms with Crippen LogP contribution in [0.4, 0.5) is 10.2 Å². The van der Waals surface area contributed by atoms with Gasteiger partial charge in [0, 0.05) is 11.1 Å². The number of anilines is 1. The van der Waals surface area contributed by atoms with Crippen LogP contribution in [-0.2, 0) is 0 Å². The number of nitrogen functional groups attached to an aromatic ring is 1. The van der Waals surface area contributed by atoms with E-state index in [-0.39, 0.29) is 11.7 Å². The van der Waals surface area contributed by atoms with Gasteiger partial charge < -0.3 is 5.73 Å². The first-order valence-corrected chi connectivity index (χ1v) is 5.46. The van der Waals surface area contributed by atoms with Crippen LogP contribution in [0.2, 0.25) is 0 Å². The van der Waals surface area contributed by atoms with Gasteiger partial charge in [-0.25, -0.2) is 14.4 Å². The summed E-state index contributed by atoms with van der Waals surface area (Å²) in [5.74, 6) is 0.256. The molecule has 0 aliphatic carbocycles. The summed E-state index contributed by atoms with van der Waals surface area (Å²) in [5, 5.41) is 0. The predicted molar refractivity (Wildman–Crippen MR) is 65.9 cm³/mol. The Morgan fingerprint density at radius 1 is 1.18 bits per heavy atom. The molecule has 1 aromatic heterocycles. The average molecular weight is 231 g/mol. The van der Waals surface area contributed by atoms with E-state index in [1.165, 1.54) is 12.4 Å². The number of hydrogen-bond donors (Lipinski definition) is 1. The summed E-state index contributed by atoms with van der Waals surface area (Å²) in [6.45, 7) is 3.97. The highest BCUT2D eigenvalue weighted by atomic mass is 19.1. The molecule has 1 heterocycles. The van der Waals surface area contributed by atoms with Gasteiger partial charge in [0.2, 0.25) is 0 Å². The van der Waals surface area contributed by atoms with Gasteiger partial charge >= 0.3 is 0 Å². The lowest BCUT2D eigenvalue weighted by molar-refractivity contribution is 0.630. The fourth-order valence-corrected chi connectivity index (χ4v) is 1.85. The van der Waals surface area contributed by atoms with Gasteiger partial charge in [-0.1, -0.05) is 26.0 Å². The summed E-state index contributed by atoms with van der Waals surface area (Å²) in [6, 6.07) is 6.54. The van der Waals surface area contributed by atoms with Crippen molar-refractivity contribution in [3.8, 4) is 11.3 Å². The van der Waals surface area contributed by atoms with Crippen LogP contribution in [0, 0.1) is 5.82 Å². The smallest absolute Gasteiger partial charge is 0.132 e. The molecule has 0 saturated carbocycles. The molecule has 0 fully saturated rings. The molecule has 4 heteroatoms. The molecule has 17 heavy (non-hydrogen) atoms. The number of nitrogens with zero attached hydrogens (tertiary/aromatic N) is 2. The highest BCUT2D eigenvalue weighted by Crippen LogP contribution is 2.31. The second-order valence-corrected chi connectivity index (χ2v) is 4.16. The van der Waals surface area contributed by atoms with Crippen molar-refractivity contribution in [2.75, 3.05) is 5.73 Å². The minimum atomic E-state index is -0.299. The van der Waals surface area contributed by atoms with Crippen molar-refractivity contribution >= 4 is 5.82 Å². The molecule has 0 bridgehead atoms. The van der Waals surface area contributed by atoms with Crippen LogP contribution in [0.25, 0.3) is 11.3 Å². The third-order valence-corrected chi connectivity index (χ3v) is 2.62. The molecule has 3 nitrogen and oxygen atoms in total. The summed E-state index contributed by atoms with van der Waals surface area (Å²) < 4.78 is 13.7. The zero-order chi connectivity index (χ0) is 12.4. The molecule has 0 atom stereocenters. The van der Waals surface area contributed by atoms with Crippen LogP contribution in [0.1, 0.15) is 25.3 Å². The Bertz CT molecular complexity index is 538. The van der Waals surface area contributed by atoms with Crippen LogP contribution in [0.3, 0.4) is 0 Å². The Morgan fingerprint density at radius 2 is 1.88 bits per heavy atom. The van der Waals surface area contributed by atoms with E-state index >= 15 is 0 Å². The van der Waals surface area contributed by atoms with Gasteiger partial charge in [-0.2, -0.15) is 0 Å². The molecule has 2 N–H and O–H groups in total. The van der Waals surface area contributed by atoms with Gasteiger partial charge in [-0.05, 0) is 18.1 Å². The predicted octanol–water partition coefficient (Wildman–Crippen LogP) is 2.99. The van der Waals surface area contributed by atoms with Crippen molar-refractivity contribution < 1.29 is 4.39 Å². The summed E-state index contributed by atoms with van der Waals surface area (Å²) in [5.41, 5.74) is 7.66. The largest absolute Gasteiger partial charge is 0.383 e. The monoisotopic (exact) mass is 231 g/mol. The maximum atomic E-state index is 13.7. The standard InChI is InChI=1S/C13H14FN3/c1-8(2)11-12(16-7-17-13(11)15)9-5-3-4-6-10(9)14/h3-8H,1-2H3,(H2,15,16,17). The van der Waals surface area contributed by atoms with Gasteiger partial charge in [0.25, 0.3) is 0 Å². The quantitative estimate of drug-likeness (QED) is 0.864.